The maximum atomic E-state index is 13.0. The molecule has 5 nitrogen and oxygen atoms in total. The van der Waals surface area contributed by atoms with Gasteiger partial charge in [0, 0.05) is 51.4 Å². The van der Waals surface area contributed by atoms with Crippen molar-refractivity contribution in [3.05, 3.63) is 35.4 Å². The Labute approximate surface area is 169 Å². The van der Waals surface area contributed by atoms with E-state index in [2.05, 4.69) is 46.7 Å². The van der Waals surface area contributed by atoms with Crippen LogP contribution in [0, 0.1) is 6.92 Å². The first-order chi connectivity index (χ1) is 13.7. The van der Waals surface area contributed by atoms with E-state index in [4.69, 9.17) is 0 Å². The summed E-state index contributed by atoms with van der Waals surface area (Å²) in [4.78, 5) is 17.6. The number of likely N-dealkylation sites (tertiary alicyclic amines) is 1. The van der Waals surface area contributed by atoms with Gasteiger partial charge in [-0.1, -0.05) is 42.7 Å². The van der Waals surface area contributed by atoms with Crippen LogP contribution in [0.15, 0.2) is 24.3 Å². The standard InChI is InChI=1S/C23H36N4O/c1-18-6-8-19(9-7-18)20-10-14-27(15-11-20)23(28)25-21-4-2-3-5-22(21)26-16-12-24-13-17-26/h6-9,20-22,24H,2-5,10-17H2,1H3,(H,25,28). The normalized spacial score (nSPS) is 27.5. The van der Waals surface area contributed by atoms with Crippen LogP contribution in [0.25, 0.3) is 0 Å². The lowest BCUT2D eigenvalue weighted by Crippen LogP contribution is -2.59. The van der Waals surface area contributed by atoms with Crippen LogP contribution in [0.2, 0.25) is 0 Å². The van der Waals surface area contributed by atoms with Crippen molar-refractivity contribution in [1.82, 2.24) is 20.4 Å². The average molecular weight is 385 g/mol. The van der Waals surface area contributed by atoms with E-state index in [1.807, 2.05) is 4.90 Å². The highest BCUT2D eigenvalue weighted by atomic mass is 16.2. The Morgan fingerprint density at radius 2 is 1.64 bits per heavy atom. The summed E-state index contributed by atoms with van der Waals surface area (Å²) in [5.74, 6) is 0.591. The van der Waals surface area contributed by atoms with Gasteiger partial charge >= 0.3 is 6.03 Å². The zero-order chi connectivity index (χ0) is 19.3. The molecule has 3 aliphatic rings. The summed E-state index contributed by atoms with van der Waals surface area (Å²) in [6, 6.07) is 9.92. The molecule has 2 atom stereocenters. The Morgan fingerprint density at radius 1 is 0.964 bits per heavy atom. The lowest BCUT2D eigenvalue weighted by molar-refractivity contribution is 0.104. The summed E-state index contributed by atoms with van der Waals surface area (Å²) >= 11 is 0. The Bertz CT molecular complexity index is 633. The van der Waals surface area contributed by atoms with Crippen molar-refractivity contribution in [3.8, 4) is 0 Å². The second-order valence-electron chi connectivity index (χ2n) is 8.87. The van der Waals surface area contributed by atoms with Crippen LogP contribution in [-0.4, -0.2) is 67.2 Å². The minimum absolute atomic E-state index is 0.161. The molecule has 28 heavy (non-hydrogen) atoms. The first kappa shape index (κ1) is 19.7. The number of urea groups is 1. The van der Waals surface area contributed by atoms with Crippen LogP contribution in [0.3, 0.4) is 0 Å². The van der Waals surface area contributed by atoms with Crippen molar-refractivity contribution in [3.63, 3.8) is 0 Å². The van der Waals surface area contributed by atoms with E-state index in [1.165, 1.54) is 30.4 Å². The van der Waals surface area contributed by atoms with Gasteiger partial charge in [-0.05, 0) is 44.1 Å². The van der Waals surface area contributed by atoms with Crippen LogP contribution in [0.4, 0.5) is 4.79 Å². The van der Waals surface area contributed by atoms with Crippen LogP contribution < -0.4 is 10.6 Å². The number of aryl methyl sites for hydroxylation is 1. The minimum atomic E-state index is 0.161. The van der Waals surface area contributed by atoms with Crippen LogP contribution in [0.5, 0.6) is 0 Å². The Kier molecular flexibility index (Phi) is 6.53. The Hall–Kier alpha value is -1.59. The molecule has 2 heterocycles. The number of hydrogen-bond donors (Lipinski definition) is 2. The SMILES string of the molecule is Cc1ccc(C2CCN(C(=O)NC3CCCCC3N3CCNCC3)CC2)cc1. The topological polar surface area (TPSA) is 47.6 Å². The number of nitrogens with zero attached hydrogens (tertiary/aromatic N) is 2. The quantitative estimate of drug-likeness (QED) is 0.842. The van der Waals surface area contributed by atoms with Crippen molar-refractivity contribution < 1.29 is 4.79 Å². The van der Waals surface area contributed by atoms with Gasteiger partial charge in [-0.15, -0.1) is 0 Å². The van der Waals surface area contributed by atoms with E-state index in [9.17, 15) is 4.79 Å². The summed E-state index contributed by atoms with van der Waals surface area (Å²) in [5.41, 5.74) is 2.74. The number of piperidine rings is 1. The zero-order valence-electron chi connectivity index (χ0n) is 17.3. The summed E-state index contributed by atoms with van der Waals surface area (Å²) in [7, 11) is 0. The van der Waals surface area contributed by atoms with E-state index in [1.54, 1.807) is 0 Å². The fourth-order valence-corrected chi connectivity index (χ4v) is 5.23. The van der Waals surface area contributed by atoms with Crippen LogP contribution in [-0.2, 0) is 0 Å². The summed E-state index contributed by atoms with van der Waals surface area (Å²) in [6.45, 7) is 8.24. The smallest absolute Gasteiger partial charge is 0.317 e. The van der Waals surface area contributed by atoms with E-state index in [0.29, 0.717) is 18.0 Å². The number of benzene rings is 1. The van der Waals surface area contributed by atoms with E-state index >= 15 is 0 Å². The molecule has 1 aromatic carbocycles. The van der Waals surface area contributed by atoms with Crippen LogP contribution >= 0.6 is 0 Å². The molecule has 2 aliphatic heterocycles. The molecule has 1 aromatic rings. The molecule has 4 rings (SSSR count). The number of carbonyl (C=O) groups excluding carboxylic acids is 1. The predicted octanol–water partition coefficient (Wildman–Crippen LogP) is 3.10. The van der Waals surface area contributed by atoms with Gasteiger partial charge in [0.05, 0.1) is 0 Å². The highest BCUT2D eigenvalue weighted by Crippen LogP contribution is 2.29. The van der Waals surface area contributed by atoms with Crippen molar-refractivity contribution >= 4 is 6.03 Å². The lowest BCUT2D eigenvalue weighted by Gasteiger charge is -2.43. The number of nitrogens with one attached hydrogen (secondary N) is 2. The van der Waals surface area contributed by atoms with Gasteiger partial charge in [0.25, 0.3) is 0 Å². The third-order valence-electron chi connectivity index (χ3n) is 6.99. The molecule has 3 fully saturated rings. The molecule has 5 heteroatoms. The number of amides is 2. The number of hydrogen-bond acceptors (Lipinski definition) is 3. The molecule has 0 spiro atoms. The summed E-state index contributed by atoms with van der Waals surface area (Å²) < 4.78 is 0. The molecule has 1 aliphatic carbocycles. The molecular formula is C23H36N4O. The second kappa shape index (κ2) is 9.27. The van der Waals surface area contributed by atoms with E-state index in [0.717, 1.165) is 58.5 Å². The van der Waals surface area contributed by atoms with Crippen molar-refractivity contribution in [2.45, 2.75) is 63.5 Å². The van der Waals surface area contributed by atoms with Crippen LogP contribution in [0.1, 0.15) is 55.6 Å². The molecule has 154 valence electrons. The molecule has 1 saturated carbocycles. The van der Waals surface area contributed by atoms with Gasteiger partial charge in [0.1, 0.15) is 0 Å². The van der Waals surface area contributed by atoms with Gasteiger partial charge in [0.15, 0.2) is 0 Å². The molecule has 0 bridgehead atoms. The van der Waals surface area contributed by atoms with Crippen molar-refractivity contribution in [2.24, 2.45) is 0 Å². The minimum Gasteiger partial charge on any atom is -0.334 e. The second-order valence-corrected chi connectivity index (χ2v) is 8.87. The molecule has 0 radical (unpaired) electrons. The van der Waals surface area contributed by atoms with E-state index in [-0.39, 0.29) is 6.03 Å². The Morgan fingerprint density at radius 3 is 2.36 bits per heavy atom. The van der Waals surface area contributed by atoms with Crippen molar-refractivity contribution in [1.29, 1.82) is 0 Å². The molecule has 2 saturated heterocycles. The monoisotopic (exact) mass is 384 g/mol. The Balaban J connectivity index is 1.30. The number of carbonyl (C=O) groups is 1. The summed E-state index contributed by atoms with van der Waals surface area (Å²) in [5, 5.41) is 6.87. The van der Waals surface area contributed by atoms with Gasteiger partial charge < -0.3 is 15.5 Å². The predicted molar refractivity (Wildman–Crippen MR) is 114 cm³/mol. The van der Waals surface area contributed by atoms with Gasteiger partial charge in [-0.3, -0.25) is 4.90 Å². The highest BCUT2D eigenvalue weighted by molar-refractivity contribution is 5.74. The molecule has 2 N–H and O–H groups in total. The fourth-order valence-electron chi connectivity index (χ4n) is 5.23. The van der Waals surface area contributed by atoms with Crippen molar-refractivity contribution in [2.75, 3.05) is 39.3 Å². The molecule has 0 aromatic heterocycles. The first-order valence-electron chi connectivity index (χ1n) is 11.3. The molecular weight excluding hydrogens is 348 g/mol. The summed E-state index contributed by atoms with van der Waals surface area (Å²) in [6.07, 6.45) is 7.03. The third-order valence-corrected chi connectivity index (χ3v) is 6.99. The molecule has 2 unspecified atom stereocenters. The maximum absolute atomic E-state index is 13.0. The van der Waals surface area contributed by atoms with Gasteiger partial charge in [0.2, 0.25) is 0 Å². The number of rotatable bonds is 3. The number of piperazine rings is 1. The third kappa shape index (κ3) is 4.69. The largest absolute Gasteiger partial charge is 0.334 e. The lowest BCUT2D eigenvalue weighted by atomic mass is 9.88. The molecule has 2 amide bonds. The average Bonchev–Trinajstić information content (AvgIpc) is 2.75. The first-order valence-corrected chi connectivity index (χ1v) is 11.3. The maximum Gasteiger partial charge on any atom is 0.317 e. The fraction of sp³-hybridized carbons (Fsp3) is 0.696. The van der Waals surface area contributed by atoms with E-state index < -0.39 is 0 Å². The van der Waals surface area contributed by atoms with Gasteiger partial charge in [-0.2, -0.15) is 0 Å². The highest BCUT2D eigenvalue weighted by Gasteiger charge is 2.33. The van der Waals surface area contributed by atoms with Gasteiger partial charge in [-0.25, -0.2) is 4.79 Å². The zero-order valence-corrected chi connectivity index (χ0v) is 17.3.